The van der Waals surface area contributed by atoms with E-state index in [1.165, 1.54) is 16.8 Å². The van der Waals surface area contributed by atoms with Gasteiger partial charge < -0.3 is 24.1 Å². The van der Waals surface area contributed by atoms with E-state index < -0.39 is 24.3 Å². The number of likely N-dealkylation sites (N-methyl/N-ethyl adjacent to an activating group) is 1. The van der Waals surface area contributed by atoms with E-state index >= 15 is 0 Å². The van der Waals surface area contributed by atoms with Gasteiger partial charge in [0.1, 0.15) is 0 Å². The van der Waals surface area contributed by atoms with Crippen molar-refractivity contribution in [1.82, 2.24) is 14.4 Å². The number of pyridine rings is 1. The maximum absolute atomic E-state index is 12.3. The van der Waals surface area contributed by atoms with Crippen molar-refractivity contribution < 1.29 is 50.6 Å². The molecule has 0 spiro atoms. The molecule has 0 atom stereocenters. The summed E-state index contributed by atoms with van der Waals surface area (Å²) < 4.78 is 70.6. The minimum Gasteiger partial charge on any atom is -0.475 e. The molecule has 37 heavy (non-hydrogen) atoms. The van der Waals surface area contributed by atoms with Gasteiger partial charge >= 0.3 is 24.3 Å². The van der Waals surface area contributed by atoms with E-state index in [0.29, 0.717) is 0 Å². The summed E-state index contributed by atoms with van der Waals surface area (Å²) in [5.41, 5.74) is 3.86. The summed E-state index contributed by atoms with van der Waals surface area (Å²) in [6.07, 6.45) is -4.71. The van der Waals surface area contributed by atoms with Crippen molar-refractivity contribution in [1.29, 1.82) is 0 Å². The van der Waals surface area contributed by atoms with Crippen LogP contribution in [0.15, 0.2) is 39.9 Å². The van der Waals surface area contributed by atoms with Crippen LogP contribution in [0.4, 0.5) is 26.3 Å². The smallest absolute Gasteiger partial charge is 0.475 e. The molecule has 0 radical (unpaired) electrons. The third-order valence-electron chi connectivity index (χ3n) is 4.99. The Bertz CT molecular complexity index is 1040. The second kappa shape index (κ2) is 13.8. The van der Waals surface area contributed by atoms with Crippen molar-refractivity contribution in [3.05, 3.63) is 57.9 Å². The Morgan fingerprint density at radius 1 is 0.973 bits per heavy atom. The standard InChI is InChI=1S/C18H25N3O2.2C2HF3O2/c1-19(2)10-11-21-17-6-9-20(13-15-7-12-23-14-15)8-5-16(17)3-4-18(21)22;2*3-2(4,5)1(6)7/h3-4,7,12,14H,5-6,8-11,13H2,1-2H3;2*(H,6,7). The number of carbonyl (C=O) groups is 2. The third kappa shape index (κ3) is 11.5. The number of halogens is 6. The van der Waals surface area contributed by atoms with Gasteiger partial charge in [-0.2, -0.15) is 26.3 Å². The van der Waals surface area contributed by atoms with Crippen LogP contribution < -0.4 is 5.56 Å². The SMILES string of the molecule is CN(C)CCn1c2c(ccc1=O)CCN(Cc1ccoc1)CC2.O=C(O)C(F)(F)F.O=C(O)C(F)(F)F. The number of alkyl halides is 6. The normalized spacial score (nSPS) is 14.0. The fourth-order valence-corrected chi connectivity index (χ4v) is 3.19. The molecule has 1 aliphatic heterocycles. The lowest BCUT2D eigenvalue weighted by molar-refractivity contribution is -0.193. The number of hydrogen-bond acceptors (Lipinski definition) is 6. The zero-order valence-electron chi connectivity index (χ0n) is 20.0. The number of aliphatic carboxylic acids is 2. The molecule has 3 rings (SSSR count). The Morgan fingerprint density at radius 2 is 1.51 bits per heavy atom. The fraction of sp³-hybridized carbons (Fsp3) is 0.500. The van der Waals surface area contributed by atoms with Gasteiger partial charge in [0.25, 0.3) is 5.56 Å². The maximum atomic E-state index is 12.3. The van der Waals surface area contributed by atoms with Gasteiger partial charge in [0.15, 0.2) is 0 Å². The maximum Gasteiger partial charge on any atom is 0.490 e. The van der Waals surface area contributed by atoms with Crippen LogP contribution in [-0.2, 0) is 35.5 Å². The zero-order chi connectivity index (χ0) is 28.4. The van der Waals surface area contributed by atoms with Crippen molar-refractivity contribution in [2.75, 3.05) is 33.7 Å². The first kappa shape index (κ1) is 31.7. The lowest BCUT2D eigenvalue weighted by Crippen LogP contribution is -2.30. The minimum absolute atomic E-state index is 0.119. The number of furan rings is 1. The van der Waals surface area contributed by atoms with E-state index in [-0.39, 0.29) is 5.56 Å². The van der Waals surface area contributed by atoms with Crippen molar-refractivity contribution in [2.45, 2.75) is 38.3 Å². The summed E-state index contributed by atoms with van der Waals surface area (Å²) in [6, 6.07) is 5.76. The van der Waals surface area contributed by atoms with E-state index in [4.69, 9.17) is 24.2 Å². The lowest BCUT2D eigenvalue weighted by Gasteiger charge is -2.19. The molecule has 2 N–H and O–H groups in total. The van der Waals surface area contributed by atoms with Crippen molar-refractivity contribution in [3.63, 3.8) is 0 Å². The highest BCUT2D eigenvalue weighted by molar-refractivity contribution is 5.73. The highest BCUT2D eigenvalue weighted by atomic mass is 19.4. The van der Waals surface area contributed by atoms with Gasteiger partial charge in [-0.1, -0.05) is 6.07 Å². The first-order chi connectivity index (χ1) is 17.0. The average molecular weight is 543 g/mol. The van der Waals surface area contributed by atoms with Gasteiger partial charge in [-0.3, -0.25) is 9.69 Å². The molecule has 1 aliphatic rings. The molecule has 0 amide bonds. The second-order valence-corrected chi connectivity index (χ2v) is 8.11. The van der Waals surface area contributed by atoms with Gasteiger partial charge in [-0.15, -0.1) is 0 Å². The molecule has 2 aromatic rings. The van der Waals surface area contributed by atoms with Gasteiger partial charge in [-0.25, -0.2) is 9.59 Å². The number of nitrogens with zero attached hydrogens (tertiary/aromatic N) is 3. The molecule has 0 aromatic carbocycles. The monoisotopic (exact) mass is 543 g/mol. The predicted molar refractivity (Wildman–Crippen MR) is 118 cm³/mol. The van der Waals surface area contributed by atoms with Crippen molar-refractivity contribution in [3.8, 4) is 0 Å². The van der Waals surface area contributed by atoms with Gasteiger partial charge in [-0.05, 0) is 32.1 Å². The van der Waals surface area contributed by atoms with E-state index in [1.54, 1.807) is 12.3 Å². The molecule has 208 valence electrons. The predicted octanol–water partition coefficient (Wildman–Crippen LogP) is 2.87. The second-order valence-electron chi connectivity index (χ2n) is 8.11. The quantitative estimate of drug-likeness (QED) is 0.554. The van der Waals surface area contributed by atoms with E-state index in [9.17, 15) is 31.1 Å². The van der Waals surface area contributed by atoms with Crippen LogP contribution in [0.2, 0.25) is 0 Å². The molecule has 15 heteroatoms. The fourth-order valence-electron chi connectivity index (χ4n) is 3.19. The largest absolute Gasteiger partial charge is 0.490 e. The van der Waals surface area contributed by atoms with Crippen molar-refractivity contribution >= 4 is 11.9 Å². The summed E-state index contributed by atoms with van der Waals surface area (Å²) in [4.78, 5) is 34.6. The van der Waals surface area contributed by atoms with Crippen LogP contribution >= 0.6 is 0 Å². The first-order valence-corrected chi connectivity index (χ1v) is 10.7. The molecule has 0 aliphatic carbocycles. The summed E-state index contributed by atoms with van der Waals surface area (Å²) >= 11 is 0. The average Bonchev–Trinajstić information content (AvgIpc) is 3.19. The highest BCUT2D eigenvalue weighted by Gasteiger charge is 2.38. The summed E-state index contributed by atoms with van der Waals surface area (Å²) in [5, 5.41) is 14.2. The number of aromatic nitrogens is 1. The van der Waals surface area contributed by atoms with E-state index in [2.05, 4.69) is 9.80 Å². The molecule has 2 aromatic heterocycles. The Balaban J connectivity index is 0.000000404. The van der Waals surface area contributed by atoms with Crippen molar-refractivity contribution in [2.24, 2.45) is 0 Å². The molecule has 0 fully saturated rings. The Labute approximate surface area is 207 Å². The third-order valence-corrected chi connectivity index (χ3v) is 4.99. The van der Waals surface area contributed by atoms with E-state index in [0.717, 1.165) is 45.6 Å². The zero-order valence-corrected chi connectivity index (χ0v) is 20.0. The number of hydrogen-bond donors (Lipinski definition) is 2. The van der Waals surface area contributed by atoms with Crippen LogP contribution in [0.3, 0.4) is 0 Å². The lowest BCUT2D eigenvalue weighted by atomic mass is 10.1. The highest BCUT2D eigenvalue weighted by Crippen LogP contribution is 2.17. The summed E-state index contributed by atoms with van der Waals surface area (Å²) in [5.74, 6) is -5.51. The molecule has 0 unspecified atom stereocenters. The number of carboxylic acid groups (broad SMARTS) is 2. The van der Waals surface area contributed by atoms with Gasteiger partial charge in [0.2, 0.25) is 0 Å². The summed E-state index contributed by atoms with van der Waals surface area (Å²) in [6.45, 7) is 4.55. The molecule has 0 bridgehead atoms. The Morgan fingerprint density at radius 3 is 1.97 bits per heavy atom. The van der Waals surface area contributed by atoms with Crippen LogP contribution in [0.25, 0.3) is 0 Å². The Hall–Kier alpha value is -3.33. The first-order valence-electron chi connectivity index (χ1n) is 10.7. The molecule has 0 saturated heterocycles. The molecular formula is C22H27F6N3O6. The number of rotatable bonds is 5. The topological polar surface area (TPSA) is 116 Å². The van der Waals surface area contributed by atoms with Crippen LogP contribution in [0.1, 0.15) is 16.8 Å². The minimum atomic E-state index is -5.08. The number of carboxylic acids is 2. The van der Waals surface area contributed by atoms with Crippen LogP contribution in [-0.4, -0.2) is 82.6 Å². The van der Waals surface area contributed by atoms with Crippen LogP contribution in [0, 0.1) is 0 Å². The molecular weight excluding hydrogens is 516 g/mol. The van der Waals surface area contributed by atoms with Crippen LogP contribution in [0.5, 0.6) is 0 Å². The van der Waals surface area contributed by atoms with Gasteiger partial charge in [0.05, 0.1) is 12.5 Å². The van der Waals surface area contributed by atoms with Gasteiger partial charge in [0, 0.05) is 56.5 Å². The number of fused-ring (bicyclic) bond motifs is 1. The Kier molecular flexibility index (Phi) is 11.9. The van der Waals surface area contributed by atoms with E-state index in [1.807, 2.05) is 37.1 Å². The molecule has 3 heterocycles. The summed E-state index contributed by atoms with van der Waals surface area (Å²) in [7, 11) is 4.08. The molecule has 9 nitrogen and oxygen atoms in total. The molecule has 0 saturated carbocycles.